The Balaban J connectivity index is 1.55. The molecule has 0 aliphatic carbocycles. The van der Waals surface area contributed by atoms with Crippen molar-refractivity contribution in [2.24, 2.45) is 0 Å². The van der Waals surface area contributed by atoms with Crippen molar-refractivity contribution in [2.75, 3.05) is 33.2 Å². The Bertz CT molecular complexity index is 500. The van der Waals surface area contributed by atoms with Crippen LogP contribution in [0, 0.1) is 0 Å². The molecule has 0 fully saturated rings. The molecule has 0 amide bonds. The van der Waals surface area contributed by atoms with Crippen molar-refractivity contribution in [3.05, 3.63) is 35.4 Å². The third-order valence-corrected chi connectivity index (χ3v) is 4.44. The van der Waals surface area contributed by atoms with E-state index in [1.807, 2.05) is 12.1 Å². The fourth-order valence-corrected chi connectivity index (χ4v) is 3.63. The summed E-state index contributed by atoms with van der Waals surface area (Å²) in [6.45, 7) is 1.33. The number of alkyl halides is 2. The molecule has 0 aromatic heterocycles. The summed E-state index contributed by atoms with van der Waals surface area (Å²) in [5.41, 5.74) is 3.05. The van der Waals surface area contributed by atoms with Crippen LogP contribution in [0.1, 0.15) is 0 Å². The van der Waals surface area contributed by atoms with E-state index in [1.54, 1.807) is 24.1 Å². The molecule has 3 rings (SSSR count). The van der Waals surface area contributed by atoms with E-state index in [2.05, 4.69) is 21.0 Å². The van der Waals surface area contributed by atoms with E-state index in [9.17, 15) is 8.78 Å². The maximum atomic E-state index is 12.1. The fraction of sp³-hybridized carbons (Fsp3) is 0.429. The molecule has 1 aromatic rings. The van der Waals surface area contributed by atoms with Gasteiger partial charge in [0, 0.05) is 31.1 Å². The molecule has 3 nitrogen and oxygen atoms in total. The quantitative estimate of drug-likeness (QED) is 0.627. The monoisotopic (exact) mass is 298 g/mol. The van der Waals surface area contributed by atoms with Crippen LogP contribution in [0.3, 0.4) is 0 Å². The number of hydrogen-bond donors (Lipinski definition) is 0. The third-order valence-electron chi connectivity index (χ3n) is 3.44. The minimum absolute atomic E-state index is 0.202. The van der Waals surface area contributed by atoms with Gasteiger partial charge < -0.3 is 4.74 Å². The summed E-state index contributed by atoms with van der Waals surface area (Å²) in [5, 5.41) is 0. The molecule has 0 unspecified atom stereocenters. The summed E-state index contributed by atoms with van der Waals surface area (Å²) in [4.78, 5) is 3.37. The predicted molar refractivity (Wildman–Crippen MR) is 75.0 cm³/mol. The van der Waals surface area contributed by atoms with Gasteiger partial charge in [0.25, 0.3) is 0 Å². The first-order valence-electron chi connectivity index (χ1n) is 6.46. The van der Waals surface area contributed by atoms with E-state index in [0.717, 1.165) is 31.1 Å². The highest BCUT2D eigenvalue weighted by molar-refractivity contribution is 7.97. The Morgan fingerprint density at radius 1 is 1.05 bits per heavy atom. The smallest absolute Gasteiger partial charge is 0.387 e. The Kier molecular flexibility index (Phi) is 3.96. The largest absolute Gasteiger partial charge is 0.435 e. The molecule has 0 bridgehead atoms. The van der Waals surface area contributed by atoms with E-state index in [4.69, 9.17) is 0 Å². The molecule has 6 heteroatoms. The van der Waals surface area contributed by atoms with Gasteiger partial charge in [-0.3, -0.25) is 4.90 Å². The van der Waals surface area contributed by atoms with Crippen molar-refractivity contribution in [3.63, 3.8) is 0 Å². The van der Waals surface area contributed by atoms with E-state index < -0.39 is 6.61 Å². The molecule has 2 heterocycles. The maximum absolute atomic E-state index is 12.1. The number of likely N-dealkylation sites (N-methyl/N-ethyl adjacent to an activating group) is 1. The summed E-state index contributed by atoms with van der Waals surface area (Å²) in [6, 6.07) is 6.80. The molecule has 2 aliphatic heterocycles. The summed E-state index contributed by atoms with van der Waals surface area (Å²) < 4.78 is 30.8. The lowest BCUT2D eigenvalue weighted by Gasteiger charge is -2.19. The number of nitrogens with zero attached hydrogens (tertiary/aromatic N) is 2. The SMILES string of the molecule is CN1CC2=C(C1)CN(Sc1ccc(OC(F)F)cc1)C2. The lowest BCUT2D eigenvalue weighted by molar-refractivity contribution is -0.0498. The summed E-state index contributed by atoms with van der Waals surface area (Å²) >= 11 is 1.67. The molecule has 0 atom stereocenters. The minimum atomic E-state index is -2.77. The zero-order valence-electron chi connectivity index (χ0n) is 11.2. The Morgan fingerprint density at radius 3 is 2.20 bits per heavy atom. The van der Waals surface area contributed by atoms with Gasteiger partial charge in [0.1, 0.15) is 5.75 Å². The van der Waals surface area contributed by atoms with Crippen molar-refractivity contribution in [1.29, 1.82) is 0 Å². The van der Waals surface area contributed by atoms with E-state index in [-0.39, 0.29) is 5.75 Å². The first kappa shape index (κ1) is 13.9. The van der Waals surface area contributed by atoms with Gasteiger partial charge in [-0.15, -0.1) is 0 Å². The Hall–Kier alpha value is -1.11. The summed E-state index contributed by atoms with van der Waals surface area (Å²) in [6.07, 6.45) is 0. The van der Waals surface area contributed by atoms with Gasteiger partial charge in [-0.2, -0.15) is 8.78 Å². The van der Waals surface area contributed by atoms with Crippen molar-refractivity contribution in [1.82, 2.24) is 9.21 Å². The number of benzene rings is 1. The first-order chi connectivity index (χ1) is 9.60. The molecule has 2 aliphatic rings. The van der Waals surface area contributed by atoms with Crippen LogP contribution in [-0.4, -0.2) is 49.0 Å². The first-order valence-corrected chi connectivity index (χ1v) is 7.23. The van der Waals surface area contributed by atoms with Gasteiger partial charge in [-0.1, -0.05) is 0 Å². The van der Waals surface area contributed by atoms with E-state index in [0.29, 0.717) is 0 Å². The van der Waals surface area contributed by atoms with Crippen molar-refractivity contribution in [3.8, 4) is 5.75 Å². The van der Waals surface area contributed by atoms with Crippen LogP contribution in [0.15, 0.2) is 40.3 Å². The van der Waals surface area contributed by atoms with Crippen LogP contribution in [0.4, 0.5) is 8.78 Å². The lowest BCUT2D eigenvalue weighted by atomic mass is 10.2. The zero-order valence-corrected chi connectivity index (χ0v) is 12.0. The zero-order chi connectivity index (χ0) is 14.1. The van der Waals surface area contributed by atoms with E-state index >= 15 is 0 Å². The predicted octanol–water partition coefficient (Wildman–Crippen LogP) is 2.85. The molecule has 0 N–H and O–H groups in total. The highest BCUT2D eigenvalue weighted by Gasteiger charge is 2.28. The second kappa shape index (κ2) is 5.71. The van der Waals surface area contributed by atoms with Gasteiger partial charge in [-0.05, 0) is 54.4 Å². The van der Waals surface area contributed by atoms with Crippen molar-refractivity contribution in [2.45, 2.75) is 11.5 Å². The number of rotatable bonds is 4. The summed E-state index contributed by atoms with van der Waals surface area (Å²) in [7, 11) is 2.14. The van der Waals surface area contributed by atoms with Gasteiger partial charge in [-0.25, -0.2) is 4.31 Å². The highest BCUT2D eigenvalue weighted by Crippen LogP contribution is 2.33. The van der Waals surface area contributed by atoms with Crippen LogP contribution in [0.5, 0.6) is 5.75 Å². The maximum Gasteiger partial charge on any atom is 0.387 e. The van der Waals surface area contributed by atoms with Crippen LogP contribution in [0.2, 0.25) is 0 Å². The molecular weight excluding hydrogens is 282 g/mol. The molecule has 0 saturated carbocycles. The second-order valence-electron chi connectivity index (χ2n) is 5.12. The Morgan fingerprint density at radius 2 is 1.65 bits per heavy atom. The molecule has 0 saturated heterocycles. The van der Waals surface area contributed by atoms with Gasteiger partial charge in [0.05, 0.1) is 0 Å². The molecule has 20 heavy (non-hydrogen) atoms. The number of ether oxygens (including phenoxy) is 1. The fourth-order valence-electron chi connectivity index (χ4n) is 2.63. The molecule has 1 aromatic carbocycles. The summed E-state index contributed by atoms with van der Waals surface area (Å²) in [5.74, 6) is 0.202. The lowest BCUT2D eigenvalue weighted by Crippen LogP contribution is -2.23. The van der Waals surface area contributed by atoms with E-state index in [1.165, 1.54) is 11.1 Å². The normalized spacial score (nSPS) is 20.0. The average Bonchev–Trinajstić information content (AvgIpc) is 2.87. The Labute approximate surface area is 121 Å². The highest BCUT2D eigenvalue weighted by atomic mass is 32.2. The van der Waals surface area contributed by atoms with Crippen LogP contribution in [0.25, 0.3) is 0 Å². The standard InChI is InChI=1S/C14H16F2N2OS/c1-17-6-10-8-18(9-11(10)7-17)20-13-4-2-12(3-5-13)19-14(15)16/h2-5,14H,6-9H2,1H3. The molecule has 108 valence electrons. The molecular formula is C14H16F2N2OS. The number of halogens is 2. The topological polar surface area (TPSA) is 15.7 Å². The van der Waals surface area contributed by atoms with Crippen LogP contribution < -0.4 is 4.74 Å². The van der Waals surface area contributed by atoms with Crippen molar-refractivity contribution < 1.29 is 13.5 Å². The average molecular weight is 298 g/mol. The number of hydrogen-bond acceptors (Lipinski definition) is 4. The van der Waals surface area contributed by atoms with Crippen molar-refractivity contribution >= 4 is 11.9 Å². The van der Waals surface area contributed by atoms with Crippen LogP contribution >= 0.6 is 11.9 Å². The van der Waals surface area contributed by atoms with Gasteiger partial charge in [0.2, 0.25) is 0 Å². The molecule has 0 spiro atoms. The molecule has 0 radical (unpaired) electrons. The van der Waals surface area contributed by atoms with Gasteiger partial charge >= 0.3 is 6.61 Å². The van der Waals surface area contributed by atoms with Gasteiger partial charge in [0.15, 0.2) is 0 Å². The second-order valence-corrected chi connectivity index (χ2v) is 6.29. The minimum Gasteiger partial charge on any atom is -0.435 e. The third kappa shape index (κ3) is 3.13. The van der Waals surface area contributed by atoms with Crippen LogP contribution in [-0.2, 0) is 0 Å².